The number of hydrogen-bond donors (Lipinski definition) is 1. The minimum absolute atomic E-state index is 0. The molecular weight excluding hydrogens is 285 g/mol. The van der Waals surface area contributed by atoms with Gasteiger partial charge in [0.2, 0.25) is 0 Å². The first-order valence-electron chi connectivity index (χ1n) is 4.52. The number of hydrogen-bond acceptors (Lipinski definition) is 1. The van der Waals surface area contributed by atoms with Gasteiger partial charge in [0.15, 0.2) is 0 Å². The first-order valence-corrected chi connectivity index (χ1v) is 4.52. The summed E-state index contributed by atoms with van der Waals surface area (Å²) < 4.78 is 0. The minimum Gasteiger partial charge on any atom is -0.324 e. The standard InChI is InChI=1S/C12H13N.HI/c1-9(13)11-8-4-6-10-5-2-3-7-12(10)11;/h2-9H,13H2,1H3;1H. The molecule has 0 fully saturated rings. The zero-order chi connectivity index (χ0) is 9.26. The van der Waals surface area contributed by atoms with Crippen LogP contribution < -0.4 is 5.73 Å². The van der Waals surface area contributed by atoms with Crippen molar-refractivity contribution in [1.29, 1.82) is 0 Å². The van der Waals surface area contributed by atoms with Gasteiger partial charge in [-0.15, -0.1) is 24.0 Å². The fourth-order valence-electron chi connectivity index (χ4n) is 1.65. The second-order valence-electron chi connectivity index (χ2n) is 3.36. The maximum atomic E-state index is 5.88. The molecule has 2 rings (SSSR count). The third-order valence-electron chi connectivity index (χ3n) is 2.31. The average Bonchev–Trinajstić information content (AvgIpc) is 2.17. The molecule has 0 spiro atoms. The second-order valence-corrected chi connectivity index (χ2v) is 3.36. The molecular formula is C12H14IN. The van der Waals surface area contributed by atoms with Crippen molar-refractivity contribution in [2.24, 2.45) is 5.73 Å². The normalized spacial score (nSPS) is 12.1. The Kier molecular flexibility index (Phi) is 3.89. The van der Waals surface area contributed by atoms with Crippen LogP contribution in [0.2, 0.25) is 0 Å². The number of benzene rings is 2. The van der Waals surface area contributed by atoms with Crippen molar-refractivity contribution in [2.45, 2.75) is 13.0 Å². The predicted octanol–water partition coefficient (Wildman–Crippen LogP) is 3.48. The van der Waals surface area contributed by atoms with Crippen LogP contribution in [0.25, 0.3) is 10.8 Å². The first-order chi connectivity index (χ1) is 6.29. The van der Waals surface area contributed by atoms with Crippen LogP contribution in [0.4, 0.5) is 0 Å². The van der Waals surface area contributed by atoms with Crippen molar-refractivity contribution in [2.75, 3.05) is 0 Å². The summed E-state index contributed by atoms with van der Waals surface area (Å²) >= 11 is 0. The maximum absolute atomic E-state index is 5.88. The topological polar surface area (TPSA) is 26.0 Å². The van der Waals surface area contributed by atoms with Crippen molar-refractivity contribution in [1.82, 2.24) is 0 Å². The Bertz CT molecular complexity index is 418. The zero-order valence-corrected chi connectivity index (χ0v) is 10.4. The zero-order valence-electron chi connectivity index (χ0n) is 8.10. The van der Waals surface area contributed by atoms with Gasteiger partial charge in [-0.25, -0.2) is 0 Å². The van der Waals surface area contributed by atoms with Crippen molar-refractivity contribution >= 4 is 34.7 Å². The third-order valence-corrected chi connectivity index (χ3v) is 2.31. The van der Waals surface area contributed by atoms with Crippen molar-refractivity contribution in [3.8, 4) is 0 Å². The Balaban J connectivity index is 0.000000980. The van der Waals surface area contributed by atoms with Gasteiger partial charge in [0.05, 0.1) is 0 Å². The van der Waals surface area contributed by atoms with Crippen molar-refractivity contribution < 1.29 is 0 Å². The van der Waals surface area contributed by atoms with E-state index in [2.05, 4.69) is 30.3 Å². The number of halogens is 1. The van der Waals surface area contributed by atoms with Gasteiger partial charge >= 0.3 is 0 Å². The summed E-state index contributed by atoms with van der Waals surface area (Å²) in [6, 6.07) is 14.7. The Morgan fingerprint density at radius 1 is 1.00 bits per heavy atom. The second kappa shape index (κ2) is 4.75. The Morgan fingerprint density at radius 2 is 1.64 bits per heavy atom. The molecule has 0 heterocycles. The van der Waals surface area contributed by atoms with E-state index >= 15 is 0 Å². The van der Waals surface area contributed by atoms with E-state index in [1.807, 2.05) is 19.1 Å². The fourth-order valence-corrected chi connectivity index (χ4v) is 1.65. The van der Waals surface area contributed by atoms with Crippen molar-refractivity contribution in [3.05, 3.63) is 48.0 Å². The van der Waals surface area contributed by atoms with Gasteiger partial charge in [-0.05, 0) is 23.3 Å². The molecule has 2 aromatic carbocycles. The van der Waals surface area contributed by atoms with Crippen LogP contribution in [0.15, 0.2) is 42.5 Å². The molecule has 0 aliphatic heterocycles. The van der Waals surface area contributed by atoms with Gasteiger partial charge in [0, 0.05) is 6.04 Å². The van der Waals surface area contributed by atoms with Crippen LogP contribution in [0.5, 0.6) is 0 Å². The van der Waals surface area contributed by atoms with Crippen LogP contribution in [0, 0.1) is 0 Å². The molecule has 14 heavy (non-hydrogen) atoms. The molecule has 0 saturated carbocycles. The lowest BCUT2D eigenvalue weighted by Gasteiger charge is -2.09. The molecule has 2 aromatic rings. The predicted molar refractivity (Wildman–Crippen MR) is 72.0 cm³/mol. The average molecular weight is 299 g/mol. The quantitative estimate of drug-likeness (QED) is 0.802. The maximum Gasteiger partial charge on any atom is 0.0272 e. The van der Waals surface area contributed by atoms with E-state index in [-0.39, 0.29) is 30.0 Å². The van der Waals surface area contributed by atoms with Crippen molar-refractivity contribution in [3.63, 3.8) is 0 Å². The Labute approximate surface area is 101 Å². The molecule has 0 aromatic heterocycles. The number of nitrogens with two attached hydrogens (primary N) is 1. The first kappa shape index (κ1) is 11.5. The van der Waals surface area contributed by atoms with E-state index in [1.54, 1.807) is 0 Å². The Morgan fingerprint density at radius 3 is 2.36 bits per heavy atom. The molecule has 74 valence electrons. The van der Waals surface area contributed by atoms with Crippen LogP contribution in [-0.4, -0.2) is 0 Å². The summed E-state index contributed by atoms with van der Waals surface area (Å²) in [5.74, 6) is 0. The van der Waals surface area contributed by atoms with E-state index in [0.29, 0.717) is 0 Å². The minimum atomic E-state index is 0. The number of rotatable bonds is 1. The summed E-state index contributed by atoms with van der Waals surface area (Å²) in [4.78, 5) is 0. The molecule has 0 amide bonds. The smallest absolute Gasteiger partial charge is 0.0272 e. The van der Waals surface area contributed by atoms with Gasteiger partial charge in [-0.2, -0.15) is 0 Å². The molecule has 0 saturated heterocycles. The molecule has 0 aliphatic rings. The molecule has 0 bridgehead atoms. The SMILES string of the molecule is CC(N)c1cccc2ccccc12.I. The highest BCUT2D eigenvalue weighted by Crippen LogP contribution is 2.22. The largest absolute Gasteiger partial charge is 0.324 e. The van der Waals surface area contributed by atoms with Gasteiger partial charge in [-0.1, -0.05) is 42.5 Å². The lowest BCUT2D eigenvalue weighted by Crippen LogP contribution is -2.05. The molecule has 1 atom stereocenters. The molecule has 0 radical (unpaired) electrons. The van der Waals surface area contributed by atoms with Gasteiger partial charge in [-0.3, -0.25) is 0 Å². The lowest BCUT2D eigenvalue weighted by molar-refractivity contribution is 0.827. The molecule has 2 heteroatoms. The van der Waals surface area contributed by atoms with Gasteiger partial charge in [0.1, 0.15) is 0 Å². The third kappa shape index (κ3) is 2.07. The molecule has 0 aliphatic carbocycles. The fraction of sp³-hybridized carbons (Fsp3) is 0.167. The van der Waals surface area contributed by atoms with E-state index < -0.39 is 0 Å². The van der Waals surface area contributed by atoms with E-state index in [1.165, 1.54) is 16.3 Å². The summed E-state index contributed by atoms with van der Waals surface area (Å²) in [6.07, 6.45) is 0. The highest BCUT2D eigenvalue weighted by Gasteiger charge is 2.02. The van der Waals surface area contributed by atoms with Crippen LogP contribution >= 0.6 is 24.0 Å². The summed E-state index contributed by atoms with van der Waals surface area (Å²) in [5.41, 5.74) is 7.10. The highest BCUT2D eigenvalue weighted by molar-refractivity contribution is 14.0. The number of fused-ring (bicyclic) bond motifs is 1. The summed E-state index contributed by atoms with van der Waals surface area (Å²) in [5, 5.41) is 2.53. The molecule has 1 nitrogen and oxygen atoms in total. The van der Waals surface area contributed by atoms with Crippen LogP contribution in [0.3, 0.4) is 0 Å². The highest BCUT2D eigenvalue weighted by atomic mass is 127. The van der Waals surface area contributed by atoms with E-state index in [4.69, 9.17) is 5.73 Å². The van der Waals surface area contributed by atoms with Crippen LogP contribution in [0.1, 0.15) is 18.5 Å². The lowest BCUT2D eigenvalue weighted by atomic mass is 10.0. The molecule has 1 unspecified atom stereocenters. The summed E-state index contributed by atoms with van der Waals surface area (Å²) in [6.45, 7) is 2.02. The van der Waals surface area contributed by atoms with E-state index in [0.717, 1.165) is 0 Å². The van der Waals surface area contributed by atoms with Gasteiger partial charge < -0.3 is 5.73 Å². The molecule has 2 N–H and O–H groups in total. The Hall–Kier alpha value is -0.610. The van der Waals surface area contributed by atoms with E-state index in [9.17, 15) is 0 Å². The summed E-state index contributed by atoms with van der Waals surface area (Å²) in [7, 11) is 0. The van der Waals surface area contributed by atoms with Gasteiger partial charge in [0.25, 0.3) is 0 Å². The van der Waals surface area contributed by atoms with Crippen LogP contribution in [-0.2, 0) is 0 Å². The monoisotopic (exact) mass is 299 g/mol.